The van der Waals surface area contributed by atoms with Crippen molar-refractivity contribution in [2.75, 3.05) is 24.7 Å². The van der Waals surface area contributed by atoms with Gasteiger partial charge in [0.25, 0.3) is 11.5 Å². The number of amides is 1. The van der Waals surface area contributed by atoms with Crippen LogP contribution in [0.1, 0.15) is 34.1 Å². The molecule has 0 bridgehead atoms. The number of ether oxygens (including phenoxy) is 1. The van der Waals surface area contributed by atoms with Gasteiger partial charge in [0, 0.05) is 48.3 Å². The quantitative estimate of drug-likeness (QED) is 0.419. The van der Waals surface area contributed by atoms with Gasteiger partial charge in [-0.25, -0.2) is 9.18 Å². The summed E-state index contributed by atoms with van der Waals surface area (Å²) in [5.74, 6) is -0.196. The van der Waals surface area contributed by atoms with Gasteiger partial charge in [0.1, 0.15) is 24.2 Å². The Kier molecular flexibility index (Phi) is 8.62. The largest absolute Gasteiger partial charge is 0.394 e. The number of hydrogen-bond acceptors (Lipinski definition) is 8. The second-order valence-corrected chi connectivity index (χ2v) is 8.97. The van der Waals surface area contributed by atoms with E-state index >= 15 is 0 Å². The van der Waals surface area contributed by atoms with Crippen LogP contribution in [0.3, 0.4) is 0 Å². The van der Waals surface area contributed by atoms with Crippen LogP contribution in [0.4, 0.5) is 4.39 Å². The lowest BCUT2D eigenvalue weighted by atomic mass is 10.1. The average molecular weight is 493 g/mol. The molecule has 1 aromatic carbocycles. The predicted octanol–water partition coefficient (Wildman–Crippen LogP) is 0.133. The zero-order valence-corrected chi connectivity index (χ0v) is 19.3. The Hall–Kier alpha value is -2.98. The zero-order valence-electron chi connectivity index (χ0n) is 18.4. The smallest absolute Gasteiger partial charge is 0.333 e. The third-order valence-electron chi connectivity index (χ3n) is 5.40. The minimum Gasteiger partial charge on any atom is -0.394 e. The molecular weight excluding hydrogens is 467 g/mol. The normalized spacial score (nSPS) is 19.7. The van der Waals surface area contributed by atoms with E-state index in [-0.39, 0.29) is 30.7 Å². The SMILES string of the molecule is Cc1cn([C@H]2C[C@H](O)[C@@H](CO)O2)c(=O)n(CCSCCNC(=O)c2ccc([19F])c(C#N)c2)c1=O. The Balaban J connectivity index is 1.54. The molecule has 1 aliphatic rings. The number of nitrogens with zero attached hydrogens (tertiary/aromatic N) is 3. The molecule has 1 aromatic heterocycles. The van der Waals surface area contributed by atoms with Crippen molar-refractivity contribution < 1.29 is 24.1 Å². The molecule has 1 amide bonds. The maximum atomic E-state index is 13.4. The van der Waals surface area contributed by atoms with Crippen molar-refractivity contribution in [3.63, 3.8) is 0 Å². The molecular formula is C22H25FN4O6S. The number of aliphatic hydroxyl groups is 2. The fourth-order valence-electron chi connectivity index (χ4n) is 3.56. The van der Waals surface area contributed by atoms with Crippen LogP contribution in [-0.4, -0.2) is 62.1 Å². The summed E-state index contributed by atoms with van der Waals surface area (Å²) < 4.78 is 21.3. The molecule has 10 nitrogen and oxygen atoms in total. The summed E-state index contributed by atoms with van der Waals surface area (Å²) in [7, 11) is 0. The van der Waals surface area contributed by atoms with E-state index in [0.717, 1.165) is 10.6 Å². The number of thioether (sulfide) groups is 1. The summed E-state index contributed by atoms with van der Waals surface area (Å²) in [6, 6.07) is 5.23. The fraction of sp³-hybridized carbons (Fsp3) is 0.455. The van der Waals surface area contributed by atoms with E-state index in [4.69, 9.17) is 10.00 Å². The average Bonchev–Trinajstić information content (AvgIpc) is 3.20. The molecule has 0 unspecified atom stereocenters. The number of nitrogens with one attached hydrogen (secondary N) is 1. The first-order chi connectivity index (χ1) is 16.3. The summed E-state index contributed by atoms with van der Waals surface area (Å²) in [5.41, 5.74) is -0.668. The van der Waals surface area contributed by atoms with Crippen LogP contribution in [0.25, 0.3) is 0 Å². The molecule has 0 spiro atoms. The lowest BCUT2D eigenvalue weighted by Gasteiger charge is -2.17. The van der Waals surface area contributed by atoms with Crippen molar-refractivity contribution in [2.45, 2.75) is 38.3 Å². The van der Waals surface area contributed by atoms with Gasteiger partial charge in [0.15, 0.2) is 0 Å². The number of carbonyl (C=O) groups excluding carboxylic acids is 1. The molecule has 1 saturated heterocycles. The Morgan fingerprint density at radius 2 is 2.15 bits per heavy atom. The van der Waals surface area contributed by atoms with Crippen molar-refractivity contribution in [1.82, 2.24) is 14.5 Å². The Labute approximate surface area is 198 Å². The fourth-order valence-corrected chi connectivity index (χ4v) is 4.32. The second-order valence-electron chi connectivity index (χ2n) is 7.75. The van der Waals surface area contributed by atoms with Gasteiger partial charge in [-0.3, -0.25) is 18.7 Å². The van der Waals surface area contributed by atoms with Gasteiger partial charge in [-0.15, -0.1) is 0 Å². The number of aryl methyl sites for hydroxylation is 1. The highest BCUT2D eigenvalue weighted by molar-refractivity contribution is 7.99. The molecule has 0 saturated carbocycles. The van der Waals surface area contributed by atoms with Crippen molar-refractivity contribution in [2.24, 2.45) is 0 Å². The molecule has 34 heavy (non-hydrogen) atoms. The number of aliphatic hydroxyl groups excluding tert-OH is 2. The van der Waals surface area contributed by atoms with E-state index in [1.165, 1.54) is 34.7 Å². The monoisotopic (exact) mass is 492 g/mol. The molecule has 0 radical (unpaired) electrons. The van der Waals surface area contributed by atoms with Gasteiger partial charge in [-0.2, -0.15) is 17.0 Å². The van der Waals surface area contributed by atoms with E-state index < -0.39 is 41.4 Å². The number of halogens is 1. The van der Waals surface area contributed by atoms with Crippen LogP contribution in [0, 0.1) is 24.1 Å². The van der Waals surface area contributed by atoms with Crippen LogP contribution in [0.15, 0.2) is 34.0 Å². The van der Waals surface area contributed by atoms with Gasteiger partial charge < -0.3 is 20.3 Å². The van der Waals surface area contributed by atoms with Gasteiger partial charge >= 0.3 is 5.69 Å². The van der Waals surface area contributed by atoms with E-state index in [0.29, 0.717) is 23.6 Å². The van der Waals surface area contributed by atoms with Crippen molar-refractivity contribution in [3.8, 4) is 6.07 Å². The molecule has 182 valence electrons. The van der Waals surface area contributed by atoms with Gasteiger partial charge in [-0.1, -0.05) is 0 Å². The van der Waals surface area contributed by atoms with E-state index in [1.807, 2.05) is 0 Å². The zero-order chi connectivity index (χ0) is 24.8. The predicted molar refractivity (Wildman–Crippen MR) is 122 cm³/mol. The minimum atomic E-state index is -0.908. The summed E-state index contributed by atoms with van der Waals surface area (Å²) in [6.45, 7) is 1.64. The number of aromatic nitrogens is 2. The maximum Gasteiger partial charge on any atom is 0.333 e. The first kappa shape index (κ1) is 25.6. The number of nitriles is 1. The van der Waals surface area contributed by atoms with E-state index in [2.05, 4.69) is 5.32 Å². The maximum absolute atomic E-state index is 13.4. The lowest BCUT2D eigenvalue weighted by molar-refractivity contribution is -0.0463. The van der Waals surface area contributed by atoms with Crippen molar-refractivity contribution in [1.29, 1.82) is 5.26 Å². The Bertz CT molecular complexity index is 1210. The van der Waals surface area contributed by atoms with Crippen LogP contribution < -0.4 is 16.6 Å². The molecule has 3 atom stereocenters. The van der Waals surface area contributed by atoms with Crippen molar-refractivity contribution in [3.05, 3.63) is 67.7 Å². The molecule has 3 N–H and O–H groups in total. The summed E-state index contributed by atoms with van der Waals surface area (Å²) in [6.07, 6.45) is -0.949. The van der Waals surface area contributed by atoms with Gasteiger partial charge in [-0.05, 0) is 25.1 Å². The van der Waals surface area contributed by atoms with Crippen LogP contribution in [-0.2, 0) is 11.3 Å². The highest BCUT2D eigenvalue weighted by atomic mass is 32.2. The summed E-state index contributed by atoms with van der Waals surface area (Å²) in [5, 5.41) is 30.7. The molecule has 2 heterocycles. The first-order valence-corrected chi connectivity index (χ1v) is 11.7. The topological polar surface area (TPSA) is 147 Å². The number of hydrogen-bond donors (Lipinski definition) is 3. The van der Waals surface area contributed by atoms with Gasteiger partial charge in [0.2, 0.25) is 0 Å². The third kappa shape index (κ3) is 5.74. The molecule has 12 heteroatoms. The molecule has 1 aliphatic heterocycles. The lowest BCUT2D eigenvalue weighted by Crippen LogP contribution is -2.42. The molecule has 3 rings (SSSR count). The Morgan fingerprint density at radius 3 is 2.82 bits per heavy atom. The van der Waals surface area contributed by atoms with Gasteiger partial charge in [0.05, 0.1) is 18.3 Å². The van der Waals surface area contributed by atoms with Crippen LogP contribution >= 0.6 is 11.8 Å². The van der Waals surface area contributed by atoms with Crippen LogP contribution in [0.2, 0.25) is 0 Å². The van der Waals surface area contributed by atoms with E-state index in [1.54, 1.807) is 13.0 Å². The molecule has 1 fully saturated rings. The molecule has 2 aromatic rings. The number of carbonyl (C=O) groups is 1. The highest BCUT2D eigenvalue weighted by Crippen LogP contribution is 2.27. The standard InChI is InChI=1S/C22H25FN4O6S/c1-13-11-27(19-9-17(29)18(12-28)33-19)22(32)26(21(13)31)5-7-34-6-4-25-20(30)14-2-3-16(23)15(8-14)10-24/h2-3,8,11,17-19,28-29H,4-7,9,12H2,1H3,(H,25,30)/t17-,18+,19+/m0/s1/i23+0. The Morgan fingerprint density at radius 1 is 1.38 bits per heavy atom. The van der Waals surface area contributed by atoms with E-state index in [9.17, 15) is 29.0 Å². The second kappa shape index (κ2) is 11.4. The number of rotatable bonds is 9. The number of benzene rings is 1. The summed E-state index contributed by atoms with van der Waals surface area (Å²) in [4.78, 5) is 37.5. The molecule has 0 aliphatic carbocycles. The van der Waals surface area contributed by atoms with Crippen LogP contribution in [0.5, 0.6) is 0 Å². The highest BCUT2D eigenvalue weighted by Gasteiger charge is 2.35. The van der Waals surface area contributed by atoms with Crippen molar-refractivity contribution >= 4 is 17.7 Å². The summed E-state index contributed by atoms with van der Waals surface area (Å²) >= 11 is 1.42. The first-order valence-electron chi connectivity index (χ1n) is 10.6. The minimum absolute atomic E-state index is 0.126. The third-order valence-corrected chi connectivity index (χ3v) is 6.37.